The Balaban J connectivity index is 2.06. The highest BCUT2D eigenvalue weighted by Gasteiger charge is 2.24. The van der Waals surface area contributed by atoms with Crippen molar-refractivity contribution < 1.29 is 4.11 Å². The van der Waals surface area contributed by atoms with Gasteiger partial charge < -0.3 is 4.90 Å². The van der Waals surface area contributed by atoms with Crippen LogP contribution in [0.5, 0.6) is 0 Å². The number of aromatic nitrogens is 2. The summed E-state index contributed by atoms with van der Waals surface area (Å²) in [5.74, 6) is 0.407. The molecule has 1 aliphatic rings. The molecule has 0 aliphatic carbocycles. The summed E-state index contributed by atoms with van der Waals surface area (Å²) < 4.78 is 25.1. The number of rotatable bonds is 1. The summed E-state index contributed by atoms with van der Waals surface area (Å²) in [6.45, 7) is -1.96. The number of hydrogen-bond donors (Lipinski definition) is 0. The fraction of sp³-hybridized carbons (Fsp3) is 0.222. The molecule has 0 saturated heterocycles. The molecule has 0 amide bonds. The molecule has 0 spiro atoms. The molecule has 0 radical (unpaired) electrons. The second-order valence-corrected chi connectivity index (χ2v) is 7.25. The van der Waals surface area contributed by atoms with Crippen LogP contribution in [0.25, 0.3) is 10.9 Å². The van der Waals surface area contributed by atoms with Crippen LogP contribution < -0.4 is 10.6 Å². The van der Waals surface area contributed by atoms with E-state index in [1.807, 2.05) is 23.1 Å². The molecular weight excluding hydrogens is 437 g/mol. The number of halogens is 2. The third-order valence-electron chi connectivity index (χ3n) is 4.30. The fourth-order valence-corrected chi connectivity index (χ4v) is 4.23. The summed E-state index contributed by atoms with van der Waals surface area (Å²) in [6.07, 6.45) is 1.85. The molecule has 0 fully saturated rings. The van der Waals surface area contributed by atoms with E-state index in [4.69, 9.17) is 15.7 Å². The highest BCUT2D eigenvalue weighted by molar-refractivity contribution is 14.1. The summed E-state index contributed by atoms with van der Waals surface area (Å²) in [7, 11) is 0. The zero-order valence-electron chi connectivity index (χ0n) is 15.6. The van der Waals surface area contributed by atoms with Gasteiger partial charge in [-0.1, -0.05) is 23.7 Å². The molecule has 0 N–H and O–H groups in total. The van der Waals surface area contributed by atoms with Gasteiger partial charge in [-0.15, -0.1) is 0 Å². The van der Waals surface area contributed by atoms with E-state index in [0.29, 0.717) is 22.8 Å². The minimum atomic E-state index is -2.64. The molecule has 24 heavy (non-hydrogen) atoms. The number of fused-ring (bicyclic) bond motifs is 2. The van der Waals surface area contributed by atoms with Gasteiger partial charge in [0.1, 0.15) is 5.82 Å². The van der Waals surface area contributed by atoms with Gasteiger partial charge in [-0.3, -0.25) is 4.57 Å². The van der Waals surface area contributed by atoms with Crippen molar-refractivity contribution in [1.82, 2.24) is 9.55 Å². The van der Waals surface area contributed by atoms with E-state index in [2.05, 4.69) is 27.6 Å². The maximum atomic E-state index is 12.7. The topological polar surface area (TPSA) is 38.1 Å². The number of anilines is 2. The Morgan fingerprint density at radius 1 is 1.29 bits per heavy atom. The molecule has 0 saturated carbocycles. The second kappa shape index (κ2) is 6.04. The average Bonchev–Trinajstić information content (AvgIpc) is 2.60. The van der Waals surface area contributed by atoms with Gasteiger partial charge >= 0.3 is 5.69 Å². The van der Waals surface area contributed by atoms with Crippen molar-refractivity contribution in [1.29, 1.82) is 0 Å². The molecule has 1 aromatic heterocycles. The monoisotopic (exact) mass is 454 g/mol. The third-order valence-corrected chi connectivity index (χ3v) is 5.62. The van der Waals surface area contributed by atoms with Gasteiger partial charge in [-0.25, -0.2) is 4.79 Å². The maximum Gasteiger partial charge on any atom is 0.349 e. The molecule has 0 bridgehead atoms. The normalized spacial score (nSPS) is 16.4. The van der Waals surface area contributed by atoms with E-state index in [-0.39, 0.29) is 5.52 Å². The Labute approximate surface area is 162 Å². The largest absolute Gasteiger partial charge is 0.349 e. The molecule has 2 heterocycles. The van der Waals surface area contributed by atoms with Crippen LogP contribution in [0, 0.1) is 3.57 Å². The molecule has 6 heteroatoms. The van der Waals surface area contributed by atoms with Gasteiger partial charge in [0.15, 0.2) is 0 Å². The van der Waals surface area contributed by atoms with Crippen molar-refractivity contribution in [3.8, 4) is 0 Å². The molecule has 3 aromatic rings. The highest BCUT2D eigenvalue weighted by atomic mass is 127. The Bertz CT molecular complexity index is 1110. The van der Waals surface area contributed by atoms with Gasteiger partial charge in [-0.05, 0) is 65.3 Å². The Morgan fingerprint density at radius 3 is 2.96 bits per heavy atom. The first-order chi connectivity index (χ1) is 12.8. The number of benzene rings is 2. The van der Waals surface area contributed by atoms with Gasteiger partial charge in [0.2, 0.25) is 0 Å². The van der Waals surface area contributed by atoms with E-state index in [0.717, 1.165) is 26.7 Å². The van der Waals surface area contributed by atoms with Crippen molar-refractivity contribution in [3.05, 3.63) is 61.0 Å². The molecule has 0 unspecified atom stereocenters. The first-order valence-electron chi connectivity index (χ1n) is 9.06. The zero-order chi connectivity index (χ0) is 19.3. The zero-order valence-corrected chi connectivity index (χ0v) is 15.5. The van der Waals surface area contributed by atoms with Gasteiger partial charge in [0, 0.05) is 26.9 Å². The van der Waals surface area contributed by atoms with Crippen LogP contribution in [0.2, 0.25) is 5.02 Å². The molecule has 4 rings (SSSR count). The summed E-state index contributed by atoms with van der Waals surface area (Å²) in [6, 6.07) is 10.9. The predicted octanol–water partition coefficient (Wildman–Crippen LogP) is 4.28. The first-order valence-corrected chi connectivity index (χ1v) is 9.01. The van der Waals surface area contributed by atoms with Crippen LogP contribution in [0.15, 0.2) is 41.2 Å². The van der Waals surface area contributed by atoms with Crippen molar-refractivity contribution in [2.24, 2.45) is 6.98 Å². The van der Waals surface area contributed by atoms with Crippen LogP contribution in [0.4, 0.5) is 11.5 Å². The lowest BCUT2D eigenvalue weighted by atomic mass is 10.0. The van der Waals surface area contributed by atoms with Crippen molar-refractivity contribution in [2.45, 2.75) is 12.8 Å². The van der Waals surface area contributed by atoms with Gasteiger partial charge in [0.25, 0.3) is 0 Å². The average molecular weight is 455 g/mol. The van der Waals surface area contributed by atoms with E-state index >= 15 is 0 Å². The fourth-order valence-electron chi connectivity index (χ4n) is 3.22. The predicted molar refractivity (Wildman–Crippen MR) is 106 cm³/mol. The maximum absolute atomic E-state index is 12.7. The van der Waals surface area contributed by atoms with Crippen LogP contribution in [0.1, 0.15) is 16.1 Å². The summed E-state index contributed by atoms with van der Waals surface area (Å²) in [5.41, 5.74) is 1.63. The smallest absolute Gasteiger partial charge is 0.325 e. The van der Waals surface area contributed by atoms with Gasteiger partial charge in [0.05, 0.1) is 15.9 Å². The summed E-state index contributed by atoms with van der Waals surface area (Å²) in [5, 5.41) is 0.840. The van der Waals surface area contributed by atoms with Crippen LogP contribution in [0.3, 0.4) is 0 Å². The van der Waals surface area contributed by atoms with Crippen LogP contribution >= 0.6 is 34.2 Å². The molecule has 2 aromatic carbocycles. The highest BCUT2D eigenvalue weighted by Crippen LogP contribution is 2.39. The number of aryl methyl sites for hydroxylation is 1. The van der Waals surface area contributed by atoms with Gasteiger partial charge in [-0.2, -0.15) is 4.98 Å². The van der Waals surface area contributed by atoms with Crippen molar-refractivity contribution in [3.63, 3.8) is 0 Å². The Morgan fingerprint density at radius 2 is 2.12 bits per heavy atom. The molecule has 4 nitrogen and oxygen atoms in total. The lowest BCUT2D eigenvalue weighted by Gasteiger charge is -2.32. The summed E-state index contributed by atoms with van der Waals surface area (Å²) >= 11 is 8.75. The number of nitrogens with zero attached hydrogens (tertiary/aromatic N) is 3. The van der Waals surface area contributed by atoms with Crippen molar-refractivity contribution >= 4 is 56.6 Å². The van der Waals surface area contributed by atoms with E-state index in [9.17, 15) is 4.79 Å². The molecular formula is C18H15ClIN3O. The second-order valence-electron chi connectivity index (χ2n) is 5.68. The lowest BCUT2D eigenvalue weighted by Crippen LogP contribution is -2.30. The lowest BCUT2D eigenvalue weighted by molar-refractivity contribution is 0.750. The minimum Gasteiger partial charge on any atom is -0.325 e. The molecule has 1 aliphatic heterocycles. The quantitative estimate of drug-likeness (QED) is 0.515. The SMILES string of the molecule is [2H]C([2H])([2H])n1c(=O)nc(N2CCCc3c(I)cccc32)c2c(Cl)cccc21. The van der Waals surface area contributed by atoms with E-state index < -0.39 is 12.7 Å². The molecule has 0 atom stereocenters. The first kappa shape index (κ1) is 12.7. The van der Waals surface area contributed by atoms with Crippen LogP contribution in [-0.4, -0.2) is 16.1 Å². The molecule has 122 valence electrons. The van der Waals surface area contributed by atoms with Crippen LogP contribution in [-0.2, 0) is 13.4 Å². The summed E-state index contributed by atoms with van der Waals surface area (Å²) in [4.78, 5) is 18.8. The van der Waals surface area contributed by atoms with E-state index in [1.54, 1.807) is 18.2 Å². The van der Waals surface area contributed by atoms with E-state index in [1.165, 1.54) is 5.56 Å². The minimum absolute atomic E-state index is 0.259. The Hall–Kier alpha value is -1.60. The van der Waals surface area contributed by atoms with Crippen molar-refractivity contribution in [2.75, 3.05) is 11.4 Å². The third kappa shape index (κ3) is 2.41. The Kier molecular flexibility index (Phi) is 3.20. The standard InChI is InChI=1S/C18H15ClIN3O/c1-22-15-9-2-6-12(19)16(15)17(21-18(22)24)23-10-4-5-11-13(20)7-3-8-14(11)23/h2-3,6-9H,4-5,10H2,1H3/i1D3. The number of hydrogen-bond acceptors (Lipinski definition) is 3.